The SMILES string of the molecule is COc1cc2[nH]c(=O)c(=O)n(C3CC3)c2cc1OC. The van der Waals surface area contributed by atoms with Crippen LogP contribution in [0.3, 0.4) is 0 Å². The third kappa shape index (κ3) is 1.80. The van der Waals surface area contributed by atoms with Gasteiger partial charge in [-0.3, -0.25) is 14.2 Å². The molecule has 0 bridgehead atoms. The molecule has 1 fully saturated rings. The standard InChI is InChI=1S/C13H14N2O4/c1-18-10-5-8-9(6-11(10)19-2)15(7-3-4-7)13(17)12(16)14-8/h5-7H,3-4H2,1-2H3,(H,14,16). The highest BCUT2D eigenvalue weighted by molar-refractivity contribution is 5.79. The van der Waals surface area contributed by atoms with E-state index >= 15 is 0 Å². The van der Waals surface area contributed by atoms with Crippen LogP contribution in [0.1, 0.15) is 18.9 Å². The van der Waals surface area contributed by atoms with Crippen molar-refractivity contribution in [2.75, 3.05) is 14.2 Å². The molecule has 1 aromatic heterocycles. The molecule has 0 radical (unpaired) electrons. The predicted octanol–water partition coefficient (Wildman–Crippen LogP) is 1.04. The Balaban J connectivity index is 2.41. The molecule has 1 saturated carbocycles. The van der Waals surface area contributed by atoms with E-state index in [0.29, 0.717) is 22.5 Å². The van der Waals surface area contributed by atoms with Crippen molar-refractivity contribution in [1.82, 2.24) is 9.55 Å². The van der Waals surface area contributed by atoms with Crippen molar-refractivity contribution >= 4 is 11.0 Å². The van der Waals surface area contributed by atoms with Gasteiger partial charge in [0.2, 0.25) is 0 Å². The number of nitrogens with one attached hydrogen (secondary N) is 1. The molecule has 1 N–H and O–H groups in total. The van der Waals surface area contributed by atoms with Crippen molar-refractivity contribution in [3.05, 3.63) is 32.8 Å². The van der Waals surface area contributed by atoms with Gasteiger partial charge in [-0.05, 0) is 12.8 Å². The highest BCUT2D eigenvalue weighted by atomic mass is 16.5. The molecule has 0 atom stereocenters. The smallest absolute Gasteiger partial charge is 0.316 e. The summed E-state index contributed by atoms with van der Waals surface area (Å²) in [4.78, 5) is 26.2. The first kappa shape index (κ1) is 11.8. The number of ether oxygens (including phenoxy) is 2. The molecular formula is C13H14N2O4. The number of hydrogen-bond acceptors (Lipinski definition) is 4. The zero-order valence-electron chi connectivity index (χ0n) is 10.7. The molecular weight excluding hydrogens is 248 g/mol. The maximum Gasteiger partial charge on any atom is 0.316 e. The van der Waals surface area contributed by atoms with Crippen molar-refractivity contribution in [2.24, 2.45) is 0 Å². The number of H-pyrrole nitrogens is 1. The van der Waals surface area contributed by atoms with Gasteiger partial charge in [0.05, 0.1) is 25.3 Å². The van der Waals surface area contributed by atoms with E-state index in [2.05, 4.69) is 4.98 Å². The molecule has 0 spiro atoms. The minimum Gasteiger partial charge on any atom is -0.493 e. The van der Waals surface area contributed by atoms with E-state index in [4.69, 9.17) is 9.47 Å². The van der Waals surface area contributed by atoms with Crippen LogP contribution in [0.25, 0.3) is 11.0 Å². The van der Waals surface area contributed by atoms with Gasteiger partial charge in [0, 0.05) is 18.2 Å². The molecule has 1 aliphatic rings. The molecule has 0 saturated heterocycles. The molecule has 1 heterocycles. The number of benzene rings is 1. The summed E-state index contributed by atoms with van der Waals surface area (Å²) in [5, 5.41) is 0. The fraction of sp³-hybridized carbons (Fsp3) is 0.385. The molecule has 100 valence electrons. The van der Waals surface area contributed by atoms with Crippen LogP contribution < -0.4 is 20.6 Å². The number of nitrogens with zero attached hydrogens (tertiary/aromatic N) is 1. The summed E-state index contributed by atoms with van der Waals surface area (Å²) in [6.07, 6.45) is 1.85. The number of rotatable bonds is 3. The van der Waals surface area contributed by atoms with Gasteiger partial charge in [0.25, 0.3) is 0 Å². The van der Waals surface area contributed by atoms with E-state index in [1.54, 1.807) is 16.7 Å². The normalized spacial score (nSPS) is 14.6. The predicted molar refractivity (Wildman–Crippen MR) is 70.2 cm³/mol. The van der Waals surface area contributed by atoms with Crippen molar-refractivity contribution in [2.45, 2.75) is 18.9 Å². The minimum atomic E-state index is -0.605. The van der Waals surface area contributed by atoms with Crippen molar-refractivity contribution < 1.29 is 9.47 Å². The van der Waals surface area contributed by atoms with Gasteiger partial charge in [0.15, 0.2) is 11.5 Å². The first-order chi connectivity index (χ1) is 9.15. The zero-order chi connectivity index (χ0) is 13.6. The minimum absolute atomic E-state index is 0.121. The average Bonchev–Trinajstić information content (AvgIpc) is 3.23. The van der Waals surface area contributed by atoms with Crippen molar-refractivity contribution in [3.8, 4) is 11.5 Å². The van der Waals surface area contributed by atoms with Crippen LogP contribution in [0.5, 0.6) is 11.5 Å². The third-order valence-electron chi connectivity index (χ3n) is 3.33. The molecule has 1 aliphatic carbocycles. The molecule has 6 heteroatoms. The molecule has 6 nitrogen and oxygen atoms in total. The van der Waals surface area contributed by atoms with E-state index in [9.17, 15) is 9.59 Å². The lowest BCUT2D eigenvalue weighted by molar-refractivity contribution is 0.355. The second-order valence-corrected chi connectivity index (χ2v) is 4.58. The lowest BCUT2D eigenvalue weighted by Gasteiger charge is -2.12. The highest BCUT2D eigenvalue weighted by Gasteiger charge is 2.27. The molecule has 0 aliphatic heterocycles. The molecule has 19 heavy (non-hydrogen) atoms. The van der Waals surface area contributed by atoms with Gasteiger partial charge in [-0.2, -0.15) is 0 Å². The maximum atomic E-state index is 12.0. The average molecular weight is 262 g/mol. The molecule has 3 rings (SSSR count). The van der Waals surface area contributed by atoms with Gasteiger partial charge in [-0.1, -0.05) is 0 Å². The number of methoxy groups -OCH3 is 2. The molecule has 0 unspecified atom stereocenters. The van der Waals surface area contributed by atoms with Crippen LogP contribution in [-0.4, -0.2) is 23.8 Å². The topological polar surface area (TPSA) is 73.3 Å². The van der Waals surface area contributed by atoms with E-state index in [0.717, 1.165) is 12.8 Å². The van der Waals surface area contributed by atoms with Crippen molar-refractivity contribution in [1.29, 1.82) is 0 Å². The number of hydrogen-bond donors (Lipinski definition) is 1. The van der Waals surface area contributed by atoms with E-state index in [-0.39, 0.29) is 6.04 Å². The fourth-order valence-electron chi connectivity index (χ4n) is 2.26. The fourth-order valence-corrected chi connectivity index (χ4v) is 2.26. The number of aromatic amines is 1. The second-order valence-electron chi connectivity index (χ2n) is 4.58. The molecule has 1 aromatic carbocycles. The Hall–Kier alpha value is -2.24. The summed E-state index contributed by atoms with van der Waals surface area (Å²) in [6, 6.07) is 3.52. The molecule has 2 aromatic rings. The quantitative estimate of drug-likeness (QED) is 0.839. The Labute approximate surface area is 108 Å². The van der Waals surface area contributed by atoms with E-state index in [1.807, 2.05) is 0 Å². The van der Waals surface area contributed by atoms with Gasteiger partial charge in [-0.25, -0.2) is 0 Å². The Bertz CT molecular complexity index is 756. The second kappa shape index (κ2) is 4.15. The van der Waals surface area contributed by atoms with E-state index in [1.165, 1.54) is 14.2 Å². The van der Waals surface area contributed by atoms with Crippen LogP contribution in [-0.2, 0) is 0 Å². The van der Waals surface area contributed by atoms with Crippen LogP contribution >= 0.6 is 0 Å². The summed E-state index contributed by atoms with van der Waals surface area (Å²) in [5.74, 6) is 1.06. The monoisotopic (exact) mass is 262 g/mol. The van der Waals surface area contributed by atoms with Gasteiger partial charge in [0.1, 0.15) is 0 Å². The van der Waals surface area contributed by atoms with Gasteiger partial charge >= 0.3 is 11.1 Å². The van der Waals surface area contributed by atoms with Crippen LogP contribution in [0.4, 0.5) is 0 Å². The van der Waals surface area contributed by atoms with Crippen LogP contribution in [0.15, 0.2) is 21.7 Å². The summed E-state index contributed by atoms with van der Waals surface area (Å²) in [6.45, 7) is 0. The van der Waals surface area contributed by atoms with Gasteiger partial charge in [-0.15, -0.1) is 0 Å². The summed E-state index contributed by atoms with van der Waals surface area (Å²) >= 11 is 0. The highest BCUT2D eigenvalue weighted by Crippen LogP contribution is 2.37. The Kier molecular flexibility index (Phi) is 2.58. The lowest BCUT2D eigenvalue weighted by Crippen LogP contribution is -2.35. The van der Waals surface area contributed by atoms with Crippen molar-refractivity contribution in [3.63, 3.8) is 0 Å². The molecule has 0 amide bonds. The summed E-state index contributed by atoms with van der Waals surface area (Å²) < 4.78 is 12.0. The van der Waals surface area contributed by atoms with Gasteiger partial charge < -0.3 is 14.5 Å². The Morgan fingerprint density at radius 3 is 2.37 bits per heavy atom. The largest absolute Gasteiger partial charge is 0.493 e. The summed E-state index contributed by atoms with van der Waals surface area (Å²) in [5.41, 5.74) is 0.132. The number of aromatic nitrogens is 2. The van der Waals surface area contributed by atoms with Crippen LogP contribution in [0, 0.1) is 0 Å². The lowest BCUT2D eigenvalue weighted by atomic mass is 10.2. The third-order valence-corrected chi connectivity index (χ3v) is 3.33. The maximum absolute atomic E-state index is 12.0. The van der Waals surface area contributed by atoms with E-state index < -0.39 is 11.1 Å². The first-order valence-corrected chi connectivity index (χ1v) is 6.06. The van der Waals surface area contributed by atoms with Crippen LogP contribution in [0.2, 0.25) is 0 Å². The first-order valence-electron chi connectivity index (χ1n) is 6.06. The Morgan fingerprint density at radius 2 is 1.79 bits per heavy atom. The zero-order valence-corrected chi connectivity index (χ0v) is 10.7. The summed E-state index contributed by atoms with van der Waals surface area (Å²) in [7, 11) is 3.06. The Morgan fingerprint density at radius 1 is 1.16 bits per heavy atom. The number of fused-ring (bicyclic) bond motifs is 1.